The van der Waals surface area contributed by atoms with Crippen LogP contribution >= 0.6 is 0 Å². The highest BCUT2D eigenvalue weighted by atomic mass is 16.5. The fraction of sp³-hybridized carbons (Fsp3) is 0.357. The molecule has 2 heterocycles. The molecule has 2 rings (SSSR count). The van der Waals surface area contributed by atoms with Crippen LogP contribution in [0.25, 0.3) is 11.3 Å². The minimum absolute atomic E-state index is 0.596. The predicted molar refractivity (Wildman–Crippen MR) is 75.2 cm³/mol. The zero-order chi connectivity index (χ0) is 13.5. The summed E-state index contributed by atoms with van der Waals surface area (Å²) < 4.78 is 5.04. The van der Waals surface area contributed by atoms with Gasteiger partial charge in [0.2, 0.25) is 5.88 Å². The van der Waals surface area contributed by atoms with Gasteiger partial charge in [0.15, 0.2) is 0 Å². The summed E-state index contributed by atoms with van der Waals surface area (Å²) in [7, 11) is 1.60. The molecule has 0 aliphatic rings. The van der Waals surface area contributed by atoms with Crippen LogP contribution in [0.15, 0.2) is 30.7 Å². The standard InChI is InChI=1S/C14H18N4O/c1-3-4-7-15-13-8-12(17-10-18-13)11-5-6-14(19-2)16-9-11/h5-6,8-10H,3-4,7H2,1-2H3,(H,15,17,18). The Hall–Kier alpha value is -2.17. The van der Waals surface area contributed by atoms with E-state index in [4.69, 9.17) is 4.74 Å². The number of unbranched alkanes of at least 4 members (excludes halogenated alkanes) is 1. The van der Waals surface area contributed by atoms with Gasteiger partial charge in [0, 0.05) is 30.4 Å². The molecule has 2 aromatic heterocycles. The lowest BCUT2D eigenvalue weighted by Gasteiger charge is -2.06. The molecule has 2 aromatic rings. The molecule has 5 heteroatoms. The van der Waals surface area contributed by atoms with Crippen molar-refractivity contribution in [3.63, 3.8) is 0 Å². The topological polar surface area (TPSA) is 59.9 Å². The van der Waals surface area contributed by atoms with Crippen LogP contribution in [-0.4, -0.2) is 28.6 Å². The van der Waals surface area contributed by atoms with Crippen molar-refractivity contribution >= 4 is 5.82 Å². The number of hydrogen-bond donors (Lipinski definition) is 1. The average molecular weight is 258 g/mol. The van der Waals surface area contributed by atoms with Gasteiger partial charge < -0.3 is 10.1 Å². The van der Waals surface area contributed by atoms with Gasteiger partial charge in [-0.2, -0.15) is 0 Å². The normalized spacial score (nSPS) is 10.2. The van der Waals surface area contributed by atoms with E-state index >= 15 is 0 Å². The van der Waals surface area contributed by atoms with E-state index in [1.54, 1.807) is 19.6 Å². The van der Waals surface area contributed by atoms with Gasteiger partial charge in [0.1, 0.15) is 12.1 Å². The lowest BCUT2D eigenvalue weighted by molar-refractivity contribution is 0.398. The molecule has 0 bridgehead atoms. The van der Waals surface area contributed by atoms with Crippen molar-refractivity contribution in [1.82, 2.24) is 15.0 Å². The van der Waals surface area contributed by atoms with Crippen LogP contribution in [0.1, 0.15) is 19.8 Å². The number of ether oxygens (including phenoxy) is 1. The van der Waals surface area contributed by atoms with E-state index in [1.807, 2.05) is 18.2 Å². The average Bonchev–Trinajstić information content (AvgIpc) is 2.48. The summed E-state index contributed by atoms with van der Waals surface area (Å²) in [5.74, 6) is 1.44. The largest absolute Gasteiger partial charge is 0.481 e. The number of rotatable bonds is 6. The van der Waals surface area contributed by atoms with E-state index in [0.717, 1.165) is 36.5 Å². The maximum absolute atomic E-state index is 5.04. The van der Waals surface area contributed by atoms with Crippen molar-refractivity contribution in [2.24, 2.45) is 0 Å². The van der Waals surface area contributed by atoms with Crippen LogP contribution in [-0.2, 0) is 0 Å². The van der Waals surface area contributed by atoms with Crippen molar-refractivity contribution in [1.29, 1.82) is 0 Å². The first-order valence-electron chi connectivity index (χ1n) is 6.40. The fourth-order valence-corrected chi connectivity index (χ4v) is 1.66. The van der Waals surface area contributed by atoms with Gasteiger partial charge in [-0.05, 0) is 12.5 Å². The number of pyridine rings is 1. The highest BCUT2D eigenvalue weighted by Crippen LogP contribution is 2.19. The van der Waals surface area contributed by atoms with E-state index < -0.39 is 0 Å². The number of hydrogen-bond acceptors (Lipinski definition) is 5. The number of nitrogens with zero attached hydrogens (tertiary/aromatic N) is 3. The minimum Gasteiger partial charge on any atom is -0.481 e. The van der Waals surface area contributed by atoms with Crippen LogP contribution in [0.2, 0.25) is 0 Å². The Balaban J connectivity index is 2.12. The van der Waals surface area contributed by atoms with Gasteiger partial charge in [-0.15, -0.1) is 0 Å². The molecule has 100 valence electrons. The van der Waals surface area contributed by atoms with Gasteiger partial charge in [-0.25, -0.2) is 15.0 Å². The molecular weight excluding hydrogens is 240 g/mol. The van der Waals surface area contributed by atoms with E-state index in [2.05, 4.69) is 27.2 Å². The molecule has 0 radical (unpaired) electrons. The van der Waals surface area contributed by atoms with E-state index in [1.165, 1.54) is 0 Å². The second-order valence-electron chi connectivity index (χ2n) is 4.16. The Kier molecular flexibility index (Phi) is 4.66. The molecular formula is C14H18N4O. The highest BCUT2D eigenvalue weighted by Gasteiger charge is 2.03. The van der Waals surface area contributed by atoms with E-state index in [0.29, 0.717) is 5.88 Å². The third kappa shape index (κ3) is 3.64. The second-order valence-corrected chi connectivity index (χ2v) is 4.16. The summed E-state index contributed by atoms with van der Waals surface area (Å²) in [5, 5.41) is 3.28. The number of aromatic nitrogens is 3. The molecule has 1 N–H and O–H groups in total. The first kappa shape index (κ1) is 13.3. The molecule has 0 saturated heterocycles. The van der Waals surface area contributed by atoms with Gasteiger partial charge in [0.05, 0.1) is 12.8 Å². The molecule has 0 aliphatic heterocycles. The molecule has 0 aliphatic carbocycles. The van der Waals surface area contributed by atoms with Crippen LogP contribution < -0.4 is 10.1 Å². The third-order valence-corrected chi connectivity index (χ3v) is 2.74. The van der Waals surface area contributed by atoms with Crippen LogP contribution in [0, 0.1) is 0 Å². The van der Waals surface area contributed by atoms with Crippen LogP contribution in [0.3, 0.4) is 0 Å². The summed E-state index contributed by atoms with van der Waals surface area (Å²) in [6.45, 7) is 3.09. The van der Waals surface area contributed by atoms with Crippen molar-refractivity contribution in [3.8, 4) is 17.1 Å². The molecule has 0 atom stereocenters. The monoisotopic (exact) mass is 258 g/mol. The summed E-state index contributed by atoms with van der Waals surface area (Å²) in [6, 6.07) is 5.69. The molecule has 0 aromatic carbocycles. The Morgan fingerprint density at radius 3 is 2.79 bits per heavy atom. The van der Waals surface area contributed by atoms with E-state index in [9.17, 15) is 0 Å². The van der Waals surface area contributed by atoms with E-state index in [-0.39, 0.29) is 0 Å². The number of methoxy groups -OCH3 is 1. The quantitative estimate of drug-likeness (QED) is 0.807. The fourth-order valence-electron chi connectivity index (χ4n) is 1.66. The maximum atomic E-state index is 5.04. The first-order valence-corrected chi connectivity index (χ1v) is 6.40. The van der Waals surface area contributed by atoms with Gasteiger partial charge >= 0.3 is 0 Å². The molecule has 0 spiro atoms. The molecule has 0 saturated carbocycles. The van der Waals surface area contributed by atoms with Crippen molar-refractivity contribution < 1.29 is 4.74 Å². The summed E-state index contributed by atoms with van der Waals surface area (Å²) in [6.07, 6.45) is 5.60. The number of anilines is 1. The number of nitrogens with one attached hydrogen (secondary N) is 1. The second kappa shape index (κ2) is 6.68. The summed E-state index contributed by atoms with van der Waals surface area (Å²) in [5.41, 5.74) is 1.80. The minimum atomic E-state index is 0.596. The highest BCUT2D eigenvalue weighted by molar-refractivity contribution is 5.61. The Morgan fingerprint density at radius 2 is 2.11 bits per heavy atom. The van der Waals surface area contributed by atoms with Crippen molar-refractivity contribution in [2.75, 3.05) is 19.0 Å². The van der Waals surface area contributed by atoms with Gasteiger partial charge in [0.25, 0.3) is 0 Å². The lowest BCUT2D eigenvalue weighted by Crippen LogP contribution is -2.03. The third-order valence-electron chi connectivity index (χ3n) is 2.74. The summed E-state index contributed by atoms with van der Waals surface area (Å²) in [4.78, 5) is 12.6. The SMILES string of the molecule is CCCCNc1cc(-c2ccc(OC)nc2)ncn1. The van der Waals surface area contributed by atoms with Crippen LogP contribution in [0.4, 0.5) is 5.82 Å². The van der Waals surface area contributed by atoms with Gasteiger partial charge in [-0.3, -0.25) is 0 Å². The molecule has 5 nitrogen and oxygen atoms in total. The Labute approximate surface area is 113 Å². The summed E-state index contributed by atoms with van der Waals surface area (Å²) >= 11 is 0. The Morgan fingerprint density at radius 1 is 1.21 bits per heavy atom. The maximum Gasteiger partial charge on any atom is 0.212 e. The zero-order valence-electron chi connectivity index (χ0n) is 11.3. The van der Waals surface area contributed by atoms with Gasteiger partial charge in [-0.1, -0.05) is 13.3 Å². The van der Waals surface area contributed by atoms with Crippen molar-refractivity contribution in [3.05, 3.63) is 30.7 Å². The molecule has 0 unspecified atom stereocenters. The smallest absolute Gasteiger partial charge is 0.212 e. The molecule has 0 fully saturated rings. The van der Waals surface area contributed by atoms with Crippen molar-refractivity contribution in [2.45, 2.75) is 19.8 Å². The van der Waals surface area contributed by atoms with Crippen LogP contribution in [0.5, 0.6) is 5.88 Å². The predicted octanol–water partition coefficient (Wildman–Crippen LogP) is 2.76. The Bertz CT molecular complexity index is 513. The lowest BCUT2D eigenvalue weighted by atomic mass is 10.2. The zero-order valence-corrected chi connectivity index (χ0v) is 11.3. The molecule has 0 amide bonds. The first-order chi connectivity index (χ1) is 9.33. The molecule has 19 heavy (non-hydrogen) atoms.